The molecule has 2 aromatic carbocycles. The summed E-state index contributed by atoms with van der Waals surface area (Å²) in [6, 6.07) is 13.9. The summed E-state index contributed by atoms with van der Waals surface area (Å²) in [5.74, 6) is 0.681. The molecule has 1 heterocycles. The monoisotopic (exact) mass is 298 g/mol. The third kappa shape index (κ3) is 2.88. The molecule has 0 bridgehead atoms. The topological polar surface area (TPSA) is 38.0 Å². The molecule has 1 N–H and O–H groups in total. The van der Waals surface area contributed by atoms with Gasteiger partial charge in [0.05, 0.1) is 23.7 Å². The molecule has 22 heavy (non-hydrogen) atoms. The number of aryl methyl sites for hydroxylation is 1. The molecule has 3 nitrogen and oxygen atoms in total. The van der Waals surface area contributed by atoms with Crippen LogP contribution in [0.5, 0.6) is 0 Å². The zero-order valence-electron chi connectivity index (χ0n) is 12.5. The molecular weight excluding hydrogens is 279 g/mol. The summed E-state index contributed by atoms with van der Waals surface area (Å²) in [6.07, 6.45) is 1.18. The van der Waals surface area contributed by atoms with Gasteiger partial charge in [-0.3, -0.25) is 0 Å². The molecule has 0 radical (unpaired) electrons. The Morgan fingerprint density at radius 3 is 2.59 bits per heavy atom. The maximum atomic E-state index is 13.0. The van der Waals surface area contributed by atoms with Crippen molar-refractivity contribution in [2.75, 3.05) is 0 Å². The number of aromatic nitrogens is 2. The first-order valence-corrected chi connectivity index (χ1v) is 7.56. The van der Waals surface area contributed by atoms with Crippen LogP contribution in [0.15, 0.2) is 48.5 Å². The number of aliphatic hydroxyl groups is 1. The SMILES string of the molecule is CCCc1nc2ccccc2n1C[C@H](O)c1ccc(F)cc1. The van der Waals surface area contributed by atoms with Crippen molar-refractivity contribution in [2.24, 2.45) is 0 Å². The highest BCUT2D eigenvalue weighted by atomic mass is 19.1. The number of hydrogen-bond donors (Lipinski definition) is 1. The predicted molar refractivity (Wildman–Crippen MR) is 85.1 cm³/mol. The standard InChI is InChI=1S/C18H19FN2O/c1-2-5-18-20-15-6-3-4-7-16(15)21(18)12-17(22)13-8-10-14(19)11-9-13/h3-4,6-11,17,22H,2,5,12H2,1H3/t17-/m0/s1. The lowest BCUT2D eigenvalue weighted by molar-refractivity contribution is 0.156. The third-order valence-electron chi connectivity index (χ3n) is 3.82. The molecule has 0 fully saturated rings. The Kier molecular flexibility index (Phi) is 4.20. The number of nitrogens with zero attached hydrogens (tertiary/aromatic N) is 2. The first kappa shape index (κ1) is 14.7. The van der Waals surface area contributed by atoms with Crippen LogP contribution in [-0.2, 0) is 13.0 Å². The molecule has 0 saturated heterocycles. The molecule has 3 rings (SSSR count). The normalized spacial score (nSPS) is 12.7. The van der Waals surface area contributed by atoms with Crippen molar-refractivity contribution < 1.29 is 9.50 Å². The quantitative estimate of drug-likeness (QED) is 0.776. The smallest absolute Gasteiger partial charge is 0.123 e. The molecule has 0 saturated carbocycles. The Morgan fingerprint density at radius 1 is 1.14 bits per heavy atom. The number of benzene rings is 2. The van der Waals surface area contributed by atoms with Crippen molar-refractivity contribution in [1.82, 2.24) is 9.55 Å². The number of halogens is 1. The van der Waals surface area contributed by atoms with E-state index in [9.17, 15) is 9.50 Å². The molecule has 1 aromatic heterocycles. The molecule has 114 valence electrons. The maximum Gasteiger partial charge on any atom is 0.123 e. The van der Waals surface area contributed by atoms with Gasteiger partial charge >= 0.3 is 0 Å². The van der Waals surface area contributed by atoms with E-state index < -0.39 is 6.10 Å². The maximum absolute atomic E-state index is 13.0. The van der Waals surface area contributed by atoms with Gasteiger partial charge in [0.2, 0.25) is 0 Å². The summed E-state index contributed by atoms with van der Waals surface area (Å²) < 4.78 is 15.1. The minimum Gasteiger partial charge on any atom is -0.387 e. The van der Waals surface area contributed by atoms with E-state index in [1.807, 2.05) is 24.3 Å². The minimum atomic E-state index is -0.686. The van der Waals surface area contributed by atoms with Crippen LogP contribution in [-0.4, -0.2) is 14.7 Å². The van der Waals surface area contributed by atoms with Gasteiger partial charge in [0.1, 0.15) is 11.6 Å². The van der Waals surface area contributed by atoms with E-state index in [4.69, 9.17) is 0 Å². The van der Waals surface area contributed by atoms with Crippen LogP contribution in [0.2, 0.25) is 0 Å². The van der Waals surface area contributed by atoms with Crippen molar-refractivity contribution in [3.05, 3.63) is 65.7 Å². The zero-order valence-corrected chi connectivity index (χ0v) is 12.5. The van der Waals surface area contributed by atoms with Crippen molar-refractivity contribution in [1.29, 1.82) is 0 Å². The molecule has 4 heteroatoms. The number of rotatable bonds is 5. The van der Waals surface area contributed by atoms with Crippen molar-refractivity contribution in [3.63, 3.8) is 0 Å². The fourth-order valence-electron chi connectivity index (χ4n) is 2.71. The van der Waals surface area contributed by atoms with Crippen molar-refractivity contribution >= 4 is 11.0 Å². The highest BCUT2D eigenvalue weighted by molar-refractivity contribution is 5.75. The second-order valence-corrected chi connectivity index (χ2v) is 5.44. The van der Waals surface area contributed by atoms with Gasteiger partial charge in [-0.15, -0.1) is 0 Å². The molecule has 0 aliphatic heterocycles. The van der Waals surface area contributed by atoms with Crippen LogP contribution >= 0.6 is 0 Å². The summed E-state index contributed by atoms with van der Waals surface area (Å²) in [4.78, 5) is 4.66. The summed E-state index contributed by atoms with van der Waals surface area (Å²) in [5.41, 5.74) is 2.67. The zero-order chi connectivity index (χ0) is 15.5. The Bertz CT molecular complexity index is 764. The summed E-state index contributed by atoms with van der Waals surface area (Å²) >= 11 is 0. The number of para-hydroxylation sites is 2. The molecule has 1 atom stereocenters. The van der Waals surface area contributed by atoms with E-state index in [2.05, 4.69) is 16.5 Å². The fraction of sp³-hybridized carbons (Fsp3) is 0.278. The van der Waals surface area contributed by atoms with Gasteiger partial charge in [-0.1, -0.05) is 31.2 Å². The number of fused-ring (bicyclic) bond motifs is 1. The summed E-state index contributed by atoms with van der Waals surface area (Å²) in [7, 11) is 0. The average Bonchev–Trinajstić information content (AvgIpc) is 2.86. The van der Waals surface area contributed by atoms with Crippen molar-refractivity contribution in [3.8, 4) is 0 Å². The predicted octanol–water partition coefficient (Wildman–Crippen LogP) is 3.86. The number of aliphatic hydroxyl groups excluding tert-OH is 1. The van der Waals surface area contributed by atoms with Gasteiger partial charge in [0.15, 0.2) is 0 Å². The molecular formula is C18H19FN2O. The number of imidazole rings is 1. The average molecular weight is 298 g/mol. The van der Waals surface area contributed by atoms with Crippen LogP contribution in [0.3, 0.4) is 0 Å². The van der Waals surface area contributed by atoms with E-state index in [-0.39, 0.29) is 5.82 Å². The van der Waals surface area contributed by atoms with E-state index in [0.717, 1.165) is 29.7 Å². The lowest BCUT2D eigenvalue weighted by atomic mass is 10.1. The van der Waals surface area contributed by atoms with E-state index in [1.165, 1.54) is 12.1 Å². The molecule has 0 spiro atoms. The second-order valence-electron chi connectivity index (χ2n) is 5.44. The van der Waals surface area contributed by atoms with Gasteiger partial charge in [-0.05, 0) is 36.2 Å². The van der Waals surface area contributed by atoms with Gasteiger partial charge in [-0.2, -0.15) is 0 Å². The van der Waals surface area contributed by atoms with Crippen LogP contribution in [0.1, 0.15) is 30.8 Å². The molecule has 0 unspecified atom stereocenters. The first-order valence-electron chi connectivity index (χ1n) is 7.56. The number of hydrogen-bond acceptors (Lipinski definition) is 2. The van der Waals surface area contributed by atoms with E-state index in [1.54, 1.807) is 12.1 Å². The van der Waals surface area contributed by atoms with Gasteiger partial charge in [-0.25, -0.2) is 9.37 Å². The second kappa shape index (κ2) is 6.28. The minimum absolute atomic E-state index is 0.296. The Hall–Kier alpha value is -2.20. The van der Waals surface area contributed by atoms with Crippen LogP contribution in [0.4, 0.5) is 4.39 Å². The third-order valence-corrected chi connectivity index (χ3v) is 3.82. The Labute approximate surface area is 129 Å². The Balaban J connectivity index is 1.94. The van der Waals surface area contributed by atoms with Gasteiger partial charge in [0, 0.05) is 6.42 Å². The highest BCUT2D eigenvalue weighted by Gasteiger charge is 2.15. The van der Waals surface area contributed by atoms with Gasteiger partial charge < -0.3 is 9.67 Å². The van der Waals surface area contributed by atoms with Gasteiger partial charge in [0.25, 0.3) is 0 Å². The Morgan fingerprint density at radius 2 is 1.86 bits per heavy atom. The highest BCUT2D eigenvalue weighted by Crippen LogP contribution is 2.22. The molecule has 3 aromatic rings. The molecule has 0 aliphatic carbocycles. The molecule has 0 amide bonds. The molecule has 0 aliphatic rings. The first-order chi connectivity index (χ1) is 10.7. The van der Waals surface area contributed by atoms with Crippen molar-refractivity contribution in [2.45, 2.75) is 32.4 Å². The lowest BCUT2D eigenvalue weighted by Gasteiger charge is -2.15. The summed E-state index contributed by atoms with van der Waals surface area (Å²) in [5, 5.41) is 10.5. The van der Waals surface area contributed by atoms with Crippen LogP contribution < -0.4 is 0 Å². The van der Waals surface area contributed by atoms with E-state index in [0.29, 0.717) is 12.1 Å². The van der Waals surface area contributed by atoms with Crippen LogP contribution in [0, 0.1) is 5.82 Å². The largest absolute Gasteiger partial charge is 0.387 e. The van der Waals surface area contributed by atoms with E-state index >= 15 is 0 Å². The lowest BCUT2D eigenvalue weighted by Crippen LogP contribution is -2.11. The fourth-order valence-corrected chi connectivity index (χ4v) is 2.71. The summed E-state index contributed by atoms with van der Waals surface area (Å²) in [6.45, 7) is 2.53. The van der Waals surface area contributed by atoms with Crippen LogP contribution in [0.25, 0.3) is 11.0 Å².